The van der Waals surface area contributed by atoms with Gasteiger partial charge in [-0.05, 0) is 25.0 Å². The van der Waals surface area contributed by atoms with Gasteiger partial charge < -0.3 is 4.74 Å². The fourth-order valence-corrected chi connectivity index (χ4v) is 3.08. The van der Waals surface area contributed by atoms with Crippen molar-refractivity contribution in [1.29, 1.82) is 0 Å². The van der Waals surface area contributed by atoms with Gasteiger partial charge >= 0.3 is 0 Å². The number of hydrogen-bond acceptors (Lipinski definition) is 3. The second kappa shape index (κ2) is 4.66. The number of ether oxygens (including phenoxy) is 1. The van der Waals surface area contributed by atoms with Gasteiger partial charge in [-0.3, -0.25) is 4.79 Å². The summed E-state index contributed by atoms with van der Waals surface area (Å²) in [5.74, 6) is 0.713. The number of fused-ring (bicyclic) bond motifs is 2. The quantitative estimate of drug-likeness (QED) is 0.796. The molecule has 0 aliphatic heterocycles. The van der Waals surface area contributed by atoms with E-state index < -0.39 is 0 Å². The molecule has 0 unspecified atom stereocenters. The van der Waals surface area contributed by atoms with E-state index in [4.69, 9.17) is 27.9 Å². The molecule has 0 atom stereocenters. The first-order valence-electron chi connectivity index (χ1n) is 6.00. The van der Waals surface area contributed by atoms with Crippen LogP contribution in [-0.4, -0.2) is 17.9 Å². The van der Waals surface area contributed by atoms with Gasteiger partial charge in [-0.1, -0.05) is 23.2 Å². The molecule has 1 aliphatic rings. The summed E-state index contributed by atoms with van der Waals surface area (Å²) in [6.07, 6.45) is 2.14. The predicted molar refractivity (Wildman–Crippen MR) is 75.6 cm³/mol. The minimum atomic E-state index is 0.0486. The molecule has 3 nitrogen and oxygen atoms in total. The maximum Gasteiger partial charge on any atom is 0.181 e. The summed E-state index contributed by atoms with van der Waals surface area (Å²) < 4.78 is 5.47. The second-order valence-corrected chi connectivity index (χ2v) is 5.38. The molecule has 0 amide bonds. The molecule has 0 saturated heterocycles. The van der Waals surface area contributed by atoms with Gasteiger partial charge in [-0.2, -0.15) is 0 Å². The number of carbonyl (C=O) groups excluding carboxylic acids is 1. The van der Waals surface area contributed by atoms with Gasteiger partial charge in [0.2, 0.25) is 0 Å². The largest absolute Gasteiger partial charge is 0.496 e. The summed E-state index contributed by atoms with van der Waals surface area (Å²) in [6, 6.07) is 3.39. The summed E-state index contributed by atoms with van der Waals surface area (Å²) >= 11 is 12.2. The van der Waals surface area contributed by atoms with Gasteiger partial charge in [0.05, 0.1) is 17.6 Å². The van der Waals surface area contributed by atoms with Crippen LogP contribution >= 0.6 is 23.2 Å². The number of methoxy groups -OCH3 is 1. The van der Waals surface area contributed by atoms with E-state index in [1.807, 2.05) is 0 Å². The number of ketones is 1. The summed E-state index contributed by atoms with van der Waals surface area (Å²) in [5.41, 5.74) is 1.92. The lowest BCUT2D eigenvalue weighted by atomic mass is 9.92. The number of nitrogens with zero attached hydrogens (tertiary/aromatic N) is 1. The van der Waals surface area contributed by atoms with E-state index in [1.165, 1.54) is 0 Å². The molecule has 98 valence electrons. The zero-order chi connectivity index (χ0) is 13.6. The molecule has 1 aromatic carbocycles. The Morgan fingerprint density at radius 3 is 2.79 bits per heavy atom. The lowest BCUT2D eigenvalue weighted by molar-refractivity contribution is 0.0967. The molecule has 2 aromatic rings. The highest BCUT2D eigenvalue weighted by Crippen LogP contribution is 2.38. The summed E-state index contributed by atoms with van der Waals surface area (Å²) in [6.45, 7) is 0. The standard InChI is InChI=1S/C14H11Cl2NO2/c1-19-14-8-3-2-4-11(18)13(8)17-12-9(14)5-7(15)6-10(12)16/h5-6H,2-4H2,1H3. The van der Waals surface area contributed by atoms with E-state index in [0.717, 1.165) is 23.8 Å². The Balaban J connectivity index is 2.44. The van der Waals surface area contributed by atoms with Crippen molar-refractivity contribution < 1.29 is 9.53 Å². The predicted octanol–water partition coefficient (Wildman–Crippen LogP) is 4.07. The van der Waals surface area contributed by atoms with Gasteiger partial charge in [-0.15, -0.1) is 0 Å². The van der Waals surface area contributed by atoms with Crippen LogP contribution in [0.5, 0.6) is 5.75 Å². The van der Waals surface area contributed by atoms with Gasteiger partial charge in [0.15, 0.2) is 5.78 Å². The molecular weight excluding hydrogens is 285 g/mol. The molecule has 19 heavy (non-hydrogen) atoms. The lowest BCUT2D eigenvalue weighted by Crippen LogP contribution is -2.14. The van der Waals surface area contributed by atoms with Crippen molar-refractivity contribution in [3.8, 4) is 5.75 Å². The minimum Gasteiger partial charge on any atom is -0.496 e. The van der Waals surface area contributed by atoms with Gasteiger partial charge in [-0.25, -0.2) is 4.98 Å². The Morgan fingerprint density at radius 2 is 2.05 bits per heavy atom. The Kier molecular flexibility index (Phi) is 3.11. The lowest BCUT2D eigenvalue weighted by Gasteiger charge is -2.19. The Bertz CT molecular complexity index is 698. The first-order chi connectivity index (χ1) is 9.11. The summed E-state index contributed by atoms with van der Waals surface area (Å²) in [5, 5.41) is 1.72. The number of aromatic nitrogens is 1. The van der Waals surface area contributed by atoms with Crippen molar-refractivity contribution in [1.82, 2.24) is 4.98 Å². The second-order valence-electron chi connectivity index (χ2n) is 4.53. The molecule has 1 heterocycles. The molecule has 0 fully saturated rings. The van der Waals surface area contributed by atoms with E-state index in [9.17, 15) is 4.79 Å². The number of pyridine rings is 1. The maximum atomic E-state index is 12.0. The molecule has 3 rings (SSSR count). The maximum absolute atomic E-state index is 12.0. The average molecular weight is 296 g/mol. The van der Waals surface area contributed by atoms with Crippen molar-refractivity contribution >= 4 is 39.9 Å². The van der Waals surface area contributed by atoms with E-state index in [0.29, 0.717) is 33.4 Å². The van der Waals surface area contributed by atoms with E-state index in [1.54, 1.807) is 19.2 Å². The molecule has 0 saturated carbocycles. The third-order valence-corrected chi connectivity index (χ3v) is 3.86. The van der Waals surface area contributed by atoms with Gasteiger partial charge in [0, 0.05) is 22.4 Å². The van der Waals surface area contributed by atoms with Gasteiger partial charge in [0.25, 0.3) is 0 Å². The normalized spacial score (nSPS) is 14.6. The monoisotopic (exact) mass is 295 g/mol. The third-order valence-electron chi connectivity index (χ3n) is 3.36. The summed E-state index contributed by atoms with van der Waals surface area (Å²) in [4.78, 5) is 16.4. The van der Waals surface area contributed by atoms with Crippen molar-refractivity contribution in [2.45, 2.75) is 19.3 Å². The molecular formula is C14H11Cl2NO2. The van der Waals surface area contributed by atoms with Crippen molar-refractivity contribution in [3.05, 3.63) is 33.4 Å². The van der Waals surface area contributed by atoms with Crippen molar-refractivity contribution in [2.24, 2.45) is 0 Å². The SMILES string of the molecule is COc1c2c(nc3c(Cl)cc(Cl)cc13)C(=O)CCC2. The number of carbonyl (C=O) groups is 1. The zero-order valence-electron chi connectivity index (χ0n) is 10.3. The Hall–Kier alpha value is -1.32. The minimum absolute atomic E-state index is 0.0486. The van der Waals surface area contributed by atoms with Crippen LogP contribution in [0.2, 0.25) is 10.0 Å². The molecule has 0 bridgehead atoms. The van der Waals surface area contributed by atoms with Crippen LogP contribution in [0.25, 0.3) is 10.9 Å². The topological polar surface area (TPSA) is 39.2 Å². The number of hydrogen-bond donors (Lipinski definition) is 0. The van der Waals surface area contributed by atoms with Crippen molar-refractivity contribution in [2.75, 3.05) is 7.11 Å². The number of halogens is 2. The molecule has 0 spiro atoms. The van der Waals surface area contributed by atoms with E-state index >= 15 is 0 Å². The summed E-state index contributed by atoms with van der Waals surface area (Å²) in [7, 11) is 1.59. The molecule has 0 radical (unpaired) electrons. The molecule has 5 heteroatoms. The first kappa shape index (κ1) is 12.7. The van der Waals surface area contributed by atoms with E-state index in [2.05, 4.69) is 4.98 Å². The highest BCUT2D eigenvalue weighted by atomic mass is 35.5. The first-order valence-corrected chi connectivity index (χ1v) is 6.76. The van der Waals surface area contributed by atoms with E-state index in [-0.39, 0.29) is 5.78 Å². The van der Waals surface area contributed by atoms with Gasteiger partial charge in [0.1, 0.15) is 11.4 Å². The highest BCUT2D eigenvalue weighted by molar-refractivity contribution is 6.38. The highest BCUT2D eigenvalue weighted by Gasteiger charge is 2.25. The number of rotatable bonds is 1. The fraction of sp³-hybridized carbons (Fsp3) is 0.286. The number of benzene rings is 1. The zero-order valence-corrected chi connectivity index (χ0v) is 11.8. The molecule has 1 aliphatic carbocycles. The van der Waals surface area contributed by atoms with Crippen LogP contribution in [0.4, 0.5) is 0 Å². The Labute approximate surface area is 120 Å². The third kappa shape index (κ3) is 1.97. The smallest absolute Gasteiger partial charge is 0.181 e. The molecule has 0 N–H and O–H groups in total. The van der Waals surface area contributed by atoms with Crippen molar-refractivity contribution in [3.63, 3.8) is 0 Å². The molecule has 1 aromatic heterocycles. The van der Waals surface area contributed by atoms with Crippen LogP contribution in [0.3, 0.4) is 0 Å². The van der Waals surface area contributed by atoms with Crippen LogP contribution in [-0.2, 0) is 6.42 Å². The Morgan fingerprint density at radius 1 is 1.26 bits per heavy atom. The van der Waals surface area contributed by atoms with Crippen LogP contribution in [0, 0.1) is 0 Å². The van der Waals surface area contributed by atoms with Crippen LogP contribution < -0.4 is 4.74 Å². The van der Waals surface area contributed by atoms with Crippen LogP contribution in [0.1, 0.15) is 28.9 Å². The fourth-order valence-electron chi connectivity index (χ4n) is 2.54. The number of Topliss-reactive ketones (excluding diaryl/α,β-unsaturated/α-hetero) is 1. The average Bonchev–Trinajstić information content (AvgIpc) is 2.37. The van der Waals surface area contributed by atoms with Crippen LogP contribution in [0.15, 0.2) is 12.1 Å².